The van der Waals surface area contributed by atoms with E-state index in [0.29, 0.717) is 10.8 Å². The molecule has 0 unspecified atom stereocenters. The minimum absolute atomic E-state index is 0. The van der Waals surface area contributed by atoms with Gasteiger partial charge in [0.15, 0.2) is 6.61 Å². The van der Waals surface area contributed by atoms with Crippen LogP contribution in [-0.2, 0) is 11.3 Å². The monoisotopic (exact) mass is 381 g/mol. The van der Waals surface area contributed by atoms with Crippen LogP contribution in [-0.4, -0.2) is 53.5 Å². The van der Waals surface area contributed by atoms with Gasteiger partial charge in [0.1, 0.15) is 5.75 Å². The van der Waals surface area contributed by atoms with Gasteiger partial charge in [0.25, 0.3) is 5.91 Å². The van der Waals surface area contributed by atoms with E-state index in [9.17, 15) is 4.79 Å². The molecule has 0 N–H and O–H groups in total. The van der Waals surface area contributed by atoms with Gasteiger partial charge in [0, 0.05) is 50.1 Å². The molecule has 3 rings (SSSR count). The third-order valence-electron chi connectivity index (χ3n) is 4.06. The van der Waals surface area contributed by atoms with Crippen LogP contribution in [0.4, 0.5) is 0 Å². The van der Waals surface area contributed by atoms with E-state index in [4.69, 9.17) is 16.3 Å². The minimum atomic E-state index is 0. The third-order valence-corrected chi connectivity index (χ3v) is 4.31. The van der Waals surface area contributed by atoms with Crippen molar-refractivity contribution < 1.29 is 9.53 Å². The summed E-state index contributed by atoms with van der Waals surface area (Å²) in [5, 5.41) is 0.652. The molecule has 1 aliphatic heterocycles. The molecule has 0 spiro atoms. The number of ether oxygens (including phenoxy) is 1. The van der Waals surface area contributed by atoms with Crippen molar-refractivity contribution in [1.29, 1.82) is 0 Å². The fraction of sp³-hybridized carbons (Fsp3) is 0.333. The minimum Gasteiger partial charge on any atom is -0.484 e. The summed E-state index contributed by atoms with van der Waals surface area (Å²) < 4.78 is 5.53. The van der Waals surface area contributed by atoms with Crippen molar-refractivity contribution in [2.45, 2.75) is 6.54 Å². The largest absolute Gasteiger partial charge is 0.484 e. The fourth-order valence-corrected chi connectivity index (χ4v) is 2.79. The highest BCUT2D eigenvalue weighted by Crippen LogP contribution is 2.15. The third kappa shape index (κ3) is 5.88. The Labute approximate surface area is 159 Å². The Morgan fingerprint density at radius 3 is 2.32 bits per heavy atom. The first-order valence-electron chi connectivity index (χ1n) is 7.98. The molecule has 0 atom stereocenters. The van der Waals surface area contributed by atoms with Gasteiger partial charge in [-0.2, -0.15) is 0 Å². The van der Waals surface area contributed by atoms with Crippen LogP contribution in [0.1, 0.15) is 5.56 Å². The van der Waals surface area contributed by atoms with Crippen molar-refractivity contribution in [3.05, 3.63) is 59.4 Å². The molecular weight excluding hydrogens is 361 g/mol. The zero-order chi connectivity index (χ0) is 16.8. The Morgan fingerprint density at radius 1 is 1.04 bits per heavy atom. The van der Waals surface area contributed by atoms with E-state index in [1.54, 1.807) is 24.3 Å². The molecule has 1 amide bonds. The topological polar surface area (TPSA) is 45.7 Å². The number of benzene rings is 1. The number of hydrogen-bond acceptors (Lipinski definition) is 4. The maximum Gasteiger partial charge on any atom is 0.260 e. The lowest BCUT2D eigenvalue weighted by atomic mass is 10.2. The van der Waals surface area contributed by atoms with Gasteiger partial charge in [-0.05, 0) is 42.0 Å². The number of halogens is 2. The molecule has 1 aromatic heterocycles. The summed E-state index contributed by atoms with van der Waals surface area (Å²) in [7, 11) is 0. The van der Waals surface area contributed by atoms with Gasteiger partial charge in [-0.1, -0.05) is 11.6 Å². The summed E-state index contributed by atoms with van der Waals surface area (Å²) in [5.74, 6) is 0.678. The van der Waals surface area contributed by atoms with Crippen LogP contribution in [0.25, 0.3) is 0 Å². The molecule has 134 valence electrons. The molecule has 1 aromatic carbocycles. The van der Waals surface area contributed by atoms with Crippen LogP contribution in [0.15, 0.2) is 48.8 Å². The van der Waals surface area contributed by atoms with E-state index in [2.05, 4.69) is 9.88 Å². The molecule has 2 heterocycles. The number of hydrogen-bond donors (Lipinski definition) is 0. The van der Waals surface area contributed by atoms with E-state index >= 15 is 0 Å². The highest BCUT2D eigenvalue weighted by atomic mass is 35.5. The molecular formula is C18H21Cl2N3O2. The Kier molecular flexibility index (Phi) is 7.50. The predicted molar refractivity (Wildman–Crippen MR) is 100 cm³/mol. The fourth-order valence-electron chi connectivity index (χ4n) is 2.67. The highest BCUT2D eigenvalue weighted by molar-refractivity contribution is 6.30. The predicted octanol–water partition coefficient (Wildman–Crippen LogP) is 2.88. The van der Waals surface area contributed by atoms with Crippen molar-refractivity contribution in [1.82, 2.24) is 14.8 Å². The highest BCUT2D eigenvalue weighted by Gasteiger charge is 2.21. The van der Waals surface area contributed by atoms with Crippen LogP contribution in [0, 0.1) is 0 Å². The maximum atomic E-state index is 12.3. The summed E-state index contributed by atoms with van der Waals surface area (Å²) in [6.45, 7) is 4.16. The van der Waals surface area contributed by atoms with E-state index in [1.165, 1.54) is 5.56 Å². The number of nitrogens with zero attached hydrogens (tertiary/aromatic N) is 3. The Balaban J connectivity index is 0.00000225. The van der Waals surface area contributed by atoms with Crippen molar-refractivity contribution in [2.24, 2.45) is 0 Å². The molecule has 1 saturated heterocycles. The SMILES string of the molecule is Cl.O=C(COc1ccc(Cl)cc1)N1CCN(Cc2ccncc2)CC1. The summed E-state index contributed by atoms with van der Waals surface area (Å²) in [6, 6.07) is 11.1. The summed E-state index contributed by atoms with van der Waals surface area (Å²) >= 11 is 5.83. The standard InChI is InChI=1S/C18H20ClN3O2.ClH/c19-16-1-3-17(4-2-16)24-14-18(23)22-11-9-21(10-12-22)13-15-5-7-20-8-6-15;/h1-8H,9-14H2;1H. The van der Waals surface area contributed by atoms with Crippen LogP contribution < -0.4 is 4.74 Å². The van der Waals surface area contributed by atoms with Gasteiger partial charge in [0.2, 0.25) is 0 Å². The van der Waals surface area contributed by atoms with Gasteiger partial charge in [-0.15, -0.1) is 12.4 Å². The second-order valence-corrected chi connectivity index (χ2v) is 6.19. The van der Waals surface area contributed by atoms with Crippen LogP contribution in [0.5, 0.6) is 5.75 Å². The molecule has 2 aromatic rings. The smallest absolute Gasteiger partial charge is 0.260 e. The van der Waals surface area contributed by atoms with Gasteiger partial charge in [-0.3, -0.25) is 14.7 Å². The van der Waals surface area contributed by atoms with Gasteiger partial charge in [0.05, 0.1) is 0 Å². The Hall–Kier alpha value is -1.82. The average molecular weight is 382 g/mol. The van der Waals surface area contributed by atoms with E-state index in [1.807, 2.05) is 29.4 Å². The van der Waals surface area contributed by atoms with Crippen molar-refractivity contribution in [3.8, 4) is 5.75 Å². The van der Waals surface area contributed by atoms with E-state index < -0.39 is 0 Å². The second-order valence-electron chi connectivity index (χ2n) is 5.75. The first kappa shape index (κ1) is 19.5. The zero-order valence-corrected chi connectivity index (χ0v) is 15.4. The molecule has 1 aliphatic rings. The van der Waals surface area contributed by atoms with Crippen molar-refractivity contribution in [3.63, 3.8) is 0 Å². The van der Waals surface area contributed by atoms with Gasteiger partial charge in [-0.25, -0.2) is 0 Å². The summed E-state index contributed by atoms with van der Waals surface area (Å²) in [5.41, 5.74) is 1.25. The zero-order valence-electron chi connectivity index (χ0n) is 13.8. The first-order valence-corrected chi connectivity index (χ1v) is 8.36. The number of aromatic nitrogens is 1. The number of piperazine rings is 1. The number of pyridine rings is 1. The van der Waals surface area contributed by atoms with Crippen molar-refractivity contribution in [2.75, 3.05) is 32.8 Å². The molecule has 0 bridgehead atoms. The Morgan fingerprint density at radius 2 is 1.68 bits per heavy atom. The van der Waals surface area contributed by atoms with E-state index in [-0.39, 0.29) is 24.9 Å². The lowest BCUT2D eigenvalue weighted by Gasteiger charge is -2.34. The molecule has 5 nitrogen and oxygen atoms in total. The lowest BCUT2D eigenvalue weighted by Crippen LogP contribution is -2.49. The number of amides is 1. The molecule has 0 aliphatic carbocycles. The summed E-state index contributed by atoms with van der Waals surface area (Å²) in [6.07, 6.45) is 3.62. The van der Waals surface area contributed by atoms with Crippen LogP contribution >= 0.6 is 24.0 Å². The van der Waals surface area contributed by atoms with Crippen LogP contribution in [0.2, 0.25) is 5.02 Å². The van der Waals surface area contributed by atoms with Crippen LogP contribution in [0.3, 0.4) is 0 Å². The van der Waals surface area contributed by atoms with Gasteiger partial charge >= 0.3 is 0 Å². The number of rotatable bonds is 5. The van der Waals surface area contributed by atoms with E-state index in [0.717, 1.165) is 32.7 Å². The van der Waals surface area contributed by atoms with Crippen molar-refractivity contribution >= 4 is 29.9 Å². The summed E-state index contributed by atoms with van der Waals surface area (Å²) in [4.78, 5) is 20.5. The quantitative estimate of drug-likeness (QED) is 0.798. The number of carbonyl (C=O) groups excluding carboxylic acids is 1. The second kappa shape index (κ2) is 9.61. The maximum absolute atomic E-state index is 12.3. The van der Waals surface area contributed by atoms with Gasteiger partial charge < -0.3 is 9.64 Å². The normalized spacial score (nSPS) is 14.7. The molecule has 7 heteroatoms. The Bertz CT molecular complexity index is 660. The lowest BCUT2D eigenvalue weighted by molar-refractivity contribution is -0.135. The molecule has 25 heavy (non-hydrogen) atoms. The molecule has 0 saturated carbocycles. The number of carbonyl (C=O) groups is 1. The molecule has 0 radical (unpaired) electrons. The average Bonchev–Trinajstić information content (AvgIpc) is 2.62. The molecule has 1 fully saturated rings. The first-order chi connectivity index (χ1) is 11.7.